The smallest absolute Gasteiger partial charge is 0.248 e. The van der Waals surface area contributed by atoms with E-state index in [0.717, 1.165) is 6.54 Å². The lowest BCUT2D eigenvalue weighted by molar-refractivity contribution is 0.100. The highest BCUT2D eigenvalue weighted by Crippen LogP contribution is 2.38. The van der Waals surface area contributed by atoms with Gasteiger partial charge in [-0.3, -0.25) is 9.69 Å². The summed E-state index contributed by atoms with van der Waals surface area (Å²) in [5.41, 5.74) is 7.67. The molecule has 1 aromatic rings. The van der Waals surface area contributed by atoms with E-state index in [1.54, 1.807) is 0 Å². The summed E-state index contributed by atoms with van der Waals surface area (Å²) in [6.07, 6.45) is 3.95. The van der Waals surface area contributed by atoms with Gasteiger partial charge >= 0.3 is 0 Å². The first-order valence-corrected chi connectivity index (χ1v) is 7.49. The number of nitrogens with two attached hydrogens (primary N) is 1. The van der Waals surface area contributed by atoms with Gasteiger partial charge in [-0.1, -0.05) is 12.1 Å². The van der Waals surface area contributed by atoms with Gasteiger partial charge in [-0.25, -0.2) is 0 Å². The molecule has 3 rings (SSSR count). The molecule has 1 amide bonds. The number of halogens is 1. The number of nitrogens with zero attached hydrogens (tertiary/aromatic N) is 1. The van der Waals surface area contributed by atoms with Crippen LogP contribution in [0.3, 0.4) is 0 Å². The molecule has 2 aliphatic heterocycles. The third kappa shape index (κ3) is 3.76. The number of carbonyl (C=O) groups is 1. The maximum absolute atomic E-state index is 11.1. The van der Waals surface area contributed by atoms with Crippen LogP contribution in [0.1, 0.15) is 35.2 Å². The van der Waals surface area contributed by atoms with Crippen molar-refractivity contribution in [2.45, 2.75) is 25.8 Å². The molecule has 5 heteroatoms. The molecule has 1 aromatic carbocycles. The first-order chi connectivity index (χ1) is 9.67. The van der Waals surface area contributed by atoms with Crippen LogP contribution >= 0.6 is 12.4 Å². The Morgan fingerprint density at radius 3 is 2.48 bits per heavy atom. The summed E-state index contributed by atoms with van der Waals surface area (Å²) in [5, 5.41) is 3.45. The van der Waals surface area contributed by atoms with Crippen molar-refractivity contribution in [3.8, 4) is 0 Å². The Morgan fingerprint density at radius 2 is 1.86 bits per heavy atom. The van der Waals surface area contributed by atoms with Crippen molar-refractivity contribution < 1.29 is 4.79 Å². The van der Waals surface area contributed by atoms with E-state index in [0.29, 0.717) is 11.0 Å². The van der Waals surface area contributed by atoms with E-state index < -0.39 is 0 Å². The Hall–Kier alpha value is -1.10. The molecular formula is C16H24ClN3O. The Bertz CT molecular complexity index is 483. The van der Waals surface area contributed by atoms with Crippen molar-refractivity contribution in [1.29, 1.82) is 0 Å². The van der Waals surface area contributed by atoms with Crippen molar-refractivity contribution in [2.75, 3.05) is 26.2 Å². The van der Waals surface area contributed by atoms with Crippen LogP contribution in [-0.2, 0) is 6.54 Å². The highest BCUT2D eigenvalue weighted by atomic mass is 35.5. The Kier molecular flexibility index (Phi) is 5.25. The number of nitrogens with one attached hydrogen (secondary N) is 1. The average Bonchev–Trinajstić information content (AvgIpc) is 2.83. The van der Waals surface area contributed by atoms with Gasteiger partial charge in [-0.15, -0.1) is 12.4 Å². The predicted octanol–water partition coefficient (Wildman–Crippen LogP) is 1.78. The number of hydrogen-bond donors (Lipinski definition) is 2. The molecule has 0 unspecified atom stereocenters. The summed E-state index contributed by atoms with van der Waals surface area (Å²) >= 11 is 0. The molecule has 2 fully saturated rings. The number of rotatable bonds is 3. The highest BCUT2D eigenvalue weighted by Gasteiger charge is 2.38. The van der Waals surface area contributed by atoms with Crippen molar-refractivity contribution in [3.05, 3.63) is 35.4 Å². The van der Waals surface area contributed by atoms with E-state index in [4.69, 9.17) is 5.73 Å². The molecular weight excluding hydrogens is 286 g/mol. The third-order valence-electron chi connectivity index (χ3n) is 4.83. The average molecular weight is 310 g/mol. The molecule has 21 heavy (non-hydrogen) atoms. The fraction of sp³-hybridized carbons (Fsp3) is 0.562. The lowest BCUT2D eigenvalue weighted by Crippen LogP contribution is -2.38. The zero-order chi connectivity index (χ0) is 14.0. The second-order valence-electron chi connectivity index (χ2n) is 6.27. The summed E-state index contributed by atoms with van der Waals surface area (Å²) in [6, 6.07) is 7.70. The summed E-state index contributed by atoms with van der Waals surface area (Å²) < 4.78 is 0. The van der Waals surface area contributed by atoms with Gasteiger partial charge in [0, 0.05) is 18.7 Å². The second-order valence-corrected chi connectivity index (χ2v) is 6.27. The molecule has 0 saturated carbocycles. The molecule has 0 bridgehead atoms. The number of carbonyl (C=O) groups excluding carboxylic acids is 1. The van der Waals surface area contributed by atoms with Gasteiger partial charge in [-0.2, -0.15) is 0 Å². The van der Waals surface area contributed by atoms with Crippen molar-refractivity contribution >= 4 is 18.3 Å². The predicted molar refractivity (Wildman–Crippen MR) is 86.6 cm³/mol. The molecule has 4 nitrogen and oxygen atoms in total. The van der Waals surface area contributed by atoms with E-state index in [2.05, 4.69) is 10.2 Å². The largest absolute Gasteiger partial charge is 0.366 e. The van der Waals surface area contributed by atoms with Gasteiger partial charge in [0.05, 0.1) is 0 Å². The van der Waals surface area contributed by atoms with E-state index in [1.165, 1.54) is 51.0 Å². The molecule has 0 radical (unpaired) electrons. The van der Waals surface area contributed by atoms with Gasteiger partial charge in [0.2, 0.25) is 5.91 Å². The Morgan fingerprint density at radius 1 is 1.19 bits per heavy atom. The van der Waals surface area contributed by atoms with Crippen molar-refractivity contribution in [1.82, 2.24) is 10.2 Å². The van der Waals surface area contributed by atoms with Crippen LogP contribution in [0.4, 0.5) is 0 Å². The molecule has 0 aromatic heterocycles. The third-order valence-corrected chi connectivity index (χ3v) is 4.83. The number of likely N-dealkylation sites (tertiary alicyclic amines) is 1. The highest BCUT2D eigenvalue weighted by molar-refractivity contribution is 5.92. The lowest BCUT2D eigenvalue weighted by atomic mass is 9.78. The molecule has 2 aliphatic rings. The van der Waals surface area contributed by atoms with Crippen molar-refractivity contribution in [3.63, 3.8) is 0 Å². The monoisotopic (exact) mass is 309 g/mol. The fourth-order valence-electron chi connectivity index (χ4n) is 3.56. The molecule has 0 atom stereocenters. The van der Waals surface area contributed by atoms with Gasteiger partial charge < -0.3 is 11.1 Å². The summed E-state index contributed by atoms with van der Waals surface area (Å²) in [5.74, 6) is -0.355. The zero-order valence-corrected chi connectivity index (χ0v) is 13.1. The SMILES string of the molecule is Cl.NC(=O)c1ccc(CN2CCC3(CCNCC3)C2)cc1. The summed E-state index contributed by atoms with van der Waals surface area (Å²) in [7, 11) is 0. The van der Waals surface area contributed by atoms with Crippen LogP contribution in [-0.4, -0.2) is 37.0 Å². The molecule has 2 heterocycles. The minimum Gasteiger partial charge on any atom is -0.366 e. The Balaban J connectivity index is 0.00000161. The zero-order valence-electron chi connectivity index (χ0n) is 12.3. The standard InChI is InChI=1S/C16H23N3O.ClH/c17-15(20)14-3-1-13(2-4-14)11-19-10-7-16(12-19)5-8-18-9-6-16;/h1-4,18H,5-12H2,(H2,17,20);1H. The van der Waals surface area contributed by atoms with Crippen LogP contribution in [0.5, 0.6) is 0 Å². The van der Waals surface area contributed by atoms with E-state index in [9.17, 15) is 4.79 Å². The van der Waals surface area contributed by atoms with E-state index in [-0.39, 0.29) is 18.3 Å². The van der Waals surface area contributed by atoms with Gasteiger partial charge in [0.15, 0.2) is 0 Å². The van der Waals surface area contributed by atoms with Crippen LogP contribution < -0.4 is 11.1 Å². The van der Waals surface area contributed by atoms with Crippen LogP contribution in [0.25, 0.3) is 0 Å². The number of benzene rings is 1. The van der Waals surface area contributed by atoms with Crippen LogP contribution in [0.2, 0.25) is 0 Å². The molecule has 1 spiro atoms. The normalized spacial score (nSPS) is 21.1. The Labute approximate surface area is 132 Å². The molecule has 0 aliphatic carbocycles. The van der Waals surface area contributed by atoms with Crippen LogP contribution in [0.15, 0.2) is 24.3 Å². The topological polar surface area (TPSA) is 58.4 Å². The number of hydrogen-bond acceptors (Lipinski definition) is 3. The van der Waals surface area contributed by atoms with E-state index >= 15 is 0 Å². The fourth-order valence-corrected chi connectivity index (χ4v) is 3.56. The molecule has 2 saturated heterocycles. The minimum absolute atomic E-state index is 0. The van der Waals surface area contributed by atoms with Gasteiger partial charge in [0.1, 0.15) is 0 Å². The van der Waals surface area contributed by atoms with Crippen LogP contribution in [0, 0.1) is 5.41 Å². The minimum atomic E-state index is -0.355. The molecule has 3 N–H and O–H groups in total. The van der Waals surface area contributed by atoms with Gasteiger partial charge in [-0.05, 0) is 62.0 Å². The van der Waals surface area contributed by atoms with E-state index in [1.807, 2.05) is 24.3 Å². The first-order valence-electron chi connectivity index (χ1n) is 7.49. The number of primary amides is 1. The maximum atomic E-state index is 11.1. The summed E-state index contributed by atoms with van der Waals surface area (Å²) in [6.45, 7) is 5.72. The van der Waals surface area contributed by atoms with Gasteiger partial charge in [0.25, 0.3) is 0 Å². The molecule has 116 valence electrons. The number of piperidine rings is 1. The summed E-state index contributed by atoms with van der Waals surface area (Å²) in [4.78, 5) is 13.6. The van der Waals surface area contributed by atoms with Crippen molar-refractivity contribution in [2.24, 2.45) is 11.1 Å². The second kappa shape index (κ2) is 6.77. The number of amides is 1. The quantitative estimate of drug-likeness (QED) is 0.895. The maximum Gasteiger partial charge on any atom is 0.248 e. The lowest BCUT2D eigenvalue weighted by Gasteiger charge is -2.33. The first kappa shape index (κ1) is 16.3.